The van der Waals surface area contributed by atoms with Crippen LogP contribution in [0.25, 0.3) is 0 Å². The number of amides is 1. The standard InChI is InChI=1S/C15H20N4O/c1-12(11-19-10-6-9-17-19)18-14(20)15(2,16)13-7-4-3-5-8-13/h3-10,12H,11,16H2,1-2H3,(H,18,20). The van der Waals surface area contributed by atoms with Gasteiger partial charge >= 0.3 is 0 Å². The van der Waals surface area contributed by atoms with Crippen LogP contribution in [-0.4, -0.2) is 21.7 Å². The van der Waals surface area contributed by atoms with Crippen LogP contribution in [0.4, 0.5) is 0 Å². The molecule has 0 saturated carbocycles. The van der Waals surface area contributed by atoms with E-state index in [0.717, 1.165) is 5.56 Å². The van der Waals surface area contributed by atoms with E-state index < -0.39 is 5.54 Å². The highest BCUT2D eigenvalue weighted by Gasteiger charge is 2.31. The molecule has 2 atom stereocenters. The Kier molecular flexibility index (Phi) is 4.20. The van der Waals surface area contributed by atoms with Crippen molar-refractivity contribution in [1.29, 1.82) is 0 Å². The molecule has 3 N–H and O–H groups in total. The van der Waals surface area contributed by atoms with Crippen molar-refractivity contribution in [2.45, 2.75) is 32.0 Å². The van der Waals surface area contributed by atoms with Crippen LogP contribution in [0.15, 0.2) is 48.8 Å². The van der Waals surface area contributed by atoms with E-state index >= 15 is 0 Å². The minimum Gasteiger partial charge on any atom is -0.350 e. The maximum Gasteiger partial charge on any atom is 0.244 e. The fraction of sp³-hybridized carbons (Fsp3) is 0.333. The first-order chi connectivity index (χ1) is 9.50. The summed E-state index contributed by atoms with van der Waals surface area (Å²) >= 11 is 0. The number of hydrogen-bond acceptors (Lipinski definition) is 3. The zero-order chi connectivity index (χ0) is 14.6. The molecule has 0 spiro atoms. The van der Waals surface area contributed by atoms with Gasteiger partial charge in [-0.25, -0.2) is 0 Å². The Morgan fingerprint density at radius 1 is 1.40 bits per heavy atom. The van der Waals surface area contributed by atoms with Crippen LogP contribution < -0.4 is 11.1 Å². The van der Waals surface area contributed by atoms with E-state index in [1.54, 1.807) is 17.8 Å². The second-order valence-electron chi connectivity index (χ2n) is 5.17. The summed E-state index contributed by atoms with van der Waals surface area (Å²) in [6.07, 6.45) is 3.58. The molecule has 0 fully saturated rings. The van der Waals surface area contributed by atoms with Gasteiger partial charge in [-0.3, -0.25) is 9.48 Å². The molecule has 1 amide bonds. The Morgan fingerprint density at radius 2 is 2.10 bits per heavy atom. The van der Waals surface area contributed by atoms with E-state index in [0.29, 0.717) is 6.54 Å². The summed E-state index contributed by atoms with van der Waals surface area (Å²) in [6.45, 7) is 4.27. The topological polar surface area (TPSA) is 72.9 Å². The Bertz CT molecular complexity index is 549. The van der Waals surface area contributed by atoms with Gasteiger partial charge in [0.25, 0.3) is 0 Å². The van der Waals surface area contributed by atoms with Crippen molar-refractivity contribution in [2.24, 2.45) is 5.73 Å². The van der Waals surface area contributed by atoms with E-state index in [4.69, 9.17) is 5.73 Å². The van der Waals surface area contributed by atoms with Gasteiger partial charge in [0.1, 0.15) is 5.54 Å². The molecule has 2 aromatic rings. The van der Waals surface area contributed by atoms with Gasteiger partial charge in [0.15, 0.2) is 0 Å². The van der Waals surface area contributed by atoms with Crippen molar-refractivity contribution in [1.82, 2.24) is 15.1 Å². The van der Waals surface area contributed by atoms with Crippen molar-refractivity contribution in [2.75, 3.05) is 0 Å². The number of aromatic nitrogens is 2. The summed E-state index contributed by atoms with van der Waals surface area (Å²) in [5.74, 6) is -0.191. The molecule has 5 nitrogen and oxygen atoms in total. The molecular formula is C15H20N4O. The van der Waals surface area contributed by atoms with Crippen molar-refractivity contribution >= 4 is 5.91 Å². The van der Waals surface area contributed by atoms with Gasteiger partial charge in [-0.2, -0.15) is 5.10 Å². The van der Waals surface area contributed by atoms with E-state index in [-0.39, 0.29) is 11.9 Å². The van der Waals surface area contributed by atoms with E-state index in [2.05, 4.69) is 10.4 Å². The number of rotatable bonds is 5. The smallest absolute Gasteiger partial charge is 0.244 e. The first-order valence-electron chi connectivity index (χ1n) is 6.63. The lowest BCUT2D eigenvalue weighted by atomic mass is 9.92. The normalized spacial score (nSPS) is 15.3. The lowest BCUT2D eigenvalue weighted by Gasteiger charge is -2.26. The molecule has 0 saturated heterocycles. The highest BCUT2D eigenvalue weighted by atomic mass is 16.2. The fourth-order valence-corrected chi connectivity index (χ4v) is 2.02. The largest absolute Gasteiger partial charge is 0.350 e. The molecule has 1 aromatic heterocycles. The average molecular weight is 272 g/mol. The van der Waals surface area contributed by atoms with Crippen LogP contribution in [0.2, 0.25) is 0 Å². The van der Waals surface area contributed by atoms with Gasteiger partial charge in [0, 0.05) is 18.4 Å². The van der Waals surface area contributed by atoms with Gasteiger partial charge < -0.3 is 11.1 Å². The van der Waals surface area contributed by atoms with E-state index in [1.165, 1.54) is 0 Å². The molecular weight excluding hydrogens is 252 g/mol. The molecule has 106 valence electrons. The Labute approximate surface area is 118 Å². The summed E-state index contributed by atoms with van der Waals surface area (Å²) in [5, 5.41) is 7.05. The Morgan fingerprint density at radius 3 is 2.70 bits per heavy atom. The summed E-state index contributed by atoms with van der Waals surface area (Å²) in [6, 6.07) is 11.2. The predicted molar refractivity (Wildman–Crippen MR) is 77.8 cm³/mol. The minimum atomic E-state index is -1.04. The van der Waals surface area contributed by atoms with E-state index in [9.17, 15) is 4.79 Å². The van der Waals surface area contributed by atoms with Crippen LogP contribution in [0.1, 0.15) is 19.4 Å². The third-order valence-electron chi connectivity index (χ3n) is 3.24. The Balaban J connectivity index is 2.00. The third kappa shape index (κ3) is 3.24. The summed E-state index contributed by atoms with van der Waals surface area (Å²) in [7, 11) is 0. The molecule has 5 heteroatoms. The maximum atomic E-state index is 12.3. The Hall–Kier alpha value is -2.14. The van der Waals surface area contributed by atoms with Crippen molar-refractivity contribution in [3.05, 3.63) is 54.4 Å². The van der Waals surface area contributed by atoms with Gasteiger partial charge in [-0.05, 0) is 25.5 Å². The first-order valence-corrected chi connectivity index (χ1v) is 6.63. The highest BCUT2D eigenvalue weighted by molar-refractivity contribution is 5.87. The van der Waals surface area contributed by atoms with Crippen molar-refractivity contribution in [3.63, 3.8) is 0 Å². The monoisotopic (exact) mass is 272 g/mol. The summed E-state index contributed by atoms with van der Waals surface area (Å²) in [5.41, 5.74) is 5.92. The minimum absolute atomic E-state index is 0.0472. The fourth-order valence-electron chi connectivity index (χ4n) is 2.02. The average Bonchev–Trinajstić information content (AvgIpc) is 2.92. The van der Waals surface area contributed by atoms with Crippen LogP contribution >= 0.6 is 0 Å². The number of hydrogen-bond donors (Lipinski definition) is 2. The molecule has 0 radical (unpaired) electrons. The number of nitrogens with one attached hydrogen (secondary N) is 1. The second kappa shape index (κ2) is 5.88. The van der Waals surface area contributed by atoms with Crippen LogP contribution in [0.5, 0.6) is 0 Å². The molecule has 0 aliphatic carbocycles. The van der Waals surface area contributed by atoms with Crippen LogP contribution in [0, 0.1) is 0 Å². The molecule has 0 aliphatic rings. The summed E-state index contributed by atoms with van der Waals surface area (Å²) < 4.78 is 1.78. The molecule has 1 heterocycles. The van der Waals surface area contributed by atoms with Crippen molar-refractivity contribution < 1.29 is 4.79 Å². The first kappa shape index (κ1) is 14.3. The predicted octanol–water partition coefficient (Wildman–Crippen LogP) is 1.26. The lowest BCUT2D eigenvalue weighted by Crippen LogP contribution is -2.52. The number of carbonyl (C=O) groups excluding carboxylic acids is 1. The van der Waals surface area contributed by atoms with Gasteiger partial charge in [-0.15, -0.1) is 0 Å². The zero-order valence-electron chi connectivity index (χ0n) is 11.8. The number of nitrogens with two attached hydrogens (primary N) is 1. The molecule has 0 aliphatic heterocycles. The lowest BCUT2D eigenvalue weighted by molar-refractivity contribution is -0.126. The highest BCUT2D eigenvalue weighted by Crippen LogP contribution is 2.17. The molecule has 2 unspecified atom stereocenters. The number of carbonyl (C=O) groups is 1. The SMILES string of the molecule is CC(Cn1cccn1)NC(=O)C(C)(N)c1ccccc1. The molecule has 2 rings (SSSR count). The van der Waals surface area contributed by atoms with Gasteiger partial charge in [-0.1, -0.05) is 30.3 Å². The van der Waals surface area contributed by atoms with Gasteiger partial charge in [0.05, 0.1) is 6.54 Å². The number of benzene rings is 1. The summed E-state index contributed by atoms with van der Waals surface area (Å²) in [4.78, 5) is 12.3. The van der Waals surface area contributed by atoms with Crippen LogP contribution in [0.3, 0.4) is 0 Å². The van der Waals surface area contributed by atoms with Crippen LogP contribution in [-0.2, 0) is 16.9 Å². The molecule has 20 heavy (non-hydrogen) atoms. The third-order valence-corrected chi connectivity index (χ3v) is 3.24. The molecule has 0 bridgehead atoms. The second-order valence-corrected chi connectivity index (χ2v) is 5.17. The number of nitrogens with zero attached hydrogens (tertiary/aromatic N) is 2. The maximum absolute atomic E-state index is 12.3. The van der Waals surface area contributed by atoms with Gasteiger partial charge in [0.2, 0.25) is 5.91 Å². The zero-order valence-corrected chi connectivity index (χ0v) is 11.8. The van der Waals surface area contributed by atoms with Crippen molar-refractivity contribution in [3.8, 4) is 0 Å². The quantitative estimate of drug-likeness (QED) is 0.860. The van der Waals surface area contributed by atoms with E-state index in [1.807, 2.05) is 49.5 Å². The molecule has 1 aromatic carbocycles.